The number of hydrogen-bond donors (Lipinski definition) is 2. The van der Waals surface area contributed by atoms with E-state index in [0.717, 1.165) is 17.1 Å². The Bertz CT molecular complexity index is 567. The number of amides is 1. The second kappa shape index (κ2) is 5.85. The first-order chi connectivity index (χ1) is 9.79. The van der Waals surface area contributed by atoms with Crippen LogP contribution in [-0.4, -0.2) is 51.3 Å². The van der Waals surface area contributed by atoms with Gasteiger partial charge in [0.15, 0.2) is 0 Å². The van der Waals surface area contributed by atoms with Gasteiger partial charge in [0.05, 0.1) is 29.5 Å². The molecule has 2 unspecified atom stereocenters. The fourth-order valence-corrected chi connectivity index (χ4v) is 2.85. The van der Waals surface area contributed by atoms with Crippen LogP contribution in [0, 0.1) is 25.7 Å². The molecule has 0 spiro atoms. The molecule has 0 aromatic carbocycles. The Balaban J connectivity index is 1.95. The number of aromatic nitrogens is 2. The van der Waals surface area contributed by atoms with Crippen molar-refractivity contribution in [1.82, 2.24) is 14.7 Å². The molecule has 2 heterocycles. The first kappa shape index (κ1) is 15.5. The van der Waals surface area contributed by atoms with Gasteiger partial charge >= 0.3 is 5.97 Å². The molecule has 7 heteroatoms. The Hall–Kier alpha value is -1.89. The van der Waals surface area contributed by atoms with Gasteiger partial charge in [-0.15, -0.1) is 0 Å². The molecule has 7 nitrogen and oxygen atoms in total. The number of nitrogens with zero attached hydrogens (tertiary/aromatic N) is 3. The third-order valence-electron chi connectivity index (χ3n) is 4.15. The number of carbonyl (C=O) groups is 2. The van der Waals surface area contributed by atoms with Gasteiger partial charge in [-0.2, -0.15) is 5.10 Å². The standard InChI is InChI=1S/C14H22N4O3/c1-8-5-18(6-11(8)14(20)21)7-12(19)15-13-9(2)16-17(4)10(13)3/h8,11H,5-7H2,1-4H3,(H,15,19)(H,20,21). The second-order valence-electron chi connectivity index (χ2n) is 5.83. The lowest BCUT2D eigenvalue weighted by Gasteiger charge is -2.15. The van der Waals surface area contributed by atoms with Gasteiger partial charge < -0.3 is 10.4 Å². The summed E-state index contributed by atoms with van der Waals surface area (Å²) in [5.41, 5.74) is 2.42. The van der Waals surface area contributed by atoms with E-state index in [9.17, 15) is 9.59 Å². The Morgan fingerprint density at radius 1 is 1.38 bits per heavy atom. The Kier molecular flexibility index (Phi) is 4.32. The topological polar surface area (TPSA) is 87.5 Å². The largest absolute Gasteiger partial charge is 0.481 e. The summed E-state index contributed by atoms with van der Waals surface area (Å²) in [5.74, 6) is -1.24. The minimum Gasteiger partial charge on any atom is -0.481 e. The van der Waals surface area contributed by atoms with Crippen molar-refractivity contribution >= 4 is 17.6 Å². The normalized spacial score (nSPS) is 22.5. The fourth-order valence-electron chi connectivity index (χ4n) is 2.85. The number of nitrogens with one attached hydrogen (secondary N) is 1. The van der Waals surface area contributed by atoms with E-state index in [0.29, 0.717) is 13.1 Å². The molecule has 2 atom stereocenters. The minimum atomic E-state index is -0.788. The van der Waals surface area contributed by atoms with Crippen LogP contribution in [0.5, 0.6) is 0 Å². The molecule has 1 saturated heterocycles. The molecule has 2 rings (SSSR count). The maximum Gasteiger partial charge on any atom is 0.308 e. The third-order valence-corrected chi connectivity index (χ3v) is 4.15. The SMILES string of the molecule is Cc1nn(C)c(C)c1NC(=O)CN1CC(C)C(C(=O)O)C1. The summed E-state index contributed by atoms with van der Waals surface area (Å²) < 4.78 is 1.73. The summed E-state index contributed by atoms with van der Waals surface area (Å²) in [6, 6.07) is 0. The first-order valence-electron chi connectivity index (χ1n) is 7.04. The number of aliphatic carboxylic acids is 1. The molecular weight excluding hydrogens is 272 g/mol. The molecule has 116 valence electrons. The number of aryl methyl sites for hydroxylation is 2. The van der Waals surface area contributed by atoms with Crippen LogP contribution < -0.4 is 5.32 Å². The number of rotatable bonds is 4. The average Bonchev–Trinajstić information content (AvgIpc) is 2.85. The molecule has 0 radical (unpaired) electrons. The number of hydrogen-bond acceptors (Lipinski definition) is 4. The lowest BCUT2D eigenvalue weighted by molar-refractivity contribution is -0.142. The van der Waals surface area contributed by atoms with Crippen molar-refractivity contribution in [2.45, 2.75) is 20.8 Å². The van der Waals surface area contributed by atoms with Gasteiger partial charge in [-0.3, -0.25) is 19.2 Å². The van der Waals surface area contributed by atoms with Crippen LogP contribution in [0.25, 0.3) is 0 Å². The van der Waals surface area contributed by atoms with Crippen molar-refractivity contribution in [1.29, 1.82) is 0 Å². The van der Waals surface area contributed by atoms with Gasteiger partial charge in [-0.25, -0.2) is 0 Å². The van der Waals surface area contributed by atoms with Crippen molar-refractivity contribution in [2.75, 3.05) is 25.0 Å². The zero-order valence-corrected chi connectivity index (χ0v) is 12.9. The highest BCUT2D eigenvalue weighted by atomic mass is 16.4. The van der Waals surface area contributed by atoms with Gasteiger partial charge in [0.1, 0.15) is 0 Å². The monoisotopic (exact) mass is 294 g/mol. The molecule has 1 aromatic rings. The number of carboxylic acid groups (broad SMARTS) is 1. The van der Waals surface area contributed by atoms with Crippen LogP contribution >= 0.6 is 0 Å². The molecule has 1 aromatic heterocycles. The predicted octanol–water partition coefficient (Wildman–Crippen LogP) is 0.628. The van der Waals surface area contributed by atoms with E-state index in [1.54, 1.807) is 4.68 Å². The van der Waals surface area contributed by atoms with Crippen LogP contribution in [-0.2, 0) is 16.6 Å². The van der Waals surface area contributed by atoms with Gasteiger partial charge in [-0.05, 0) is 19.8 Å². The van der Waals surface area contributed by atoms with E-state index in [2.05, 4.69) is 10.4 Å². The highest BCUT2D eigenvalue weighted by Gasteiger charge is 2.35. The van der Waals surface area contributed by atoms with E-state index in [1.807, 2.05) is 32.7 Å². The van der Waals surface area contributed by atoms with E-state index in [4.69, 9.17) is 5.11 Å². The molecule has 1 aliphatic rings. The van der Waals surface area contributed by atoms with E-state index < -0.39 is 5.97 Å². The summed E-state index contributed by atoms with van der Waals surface area (Å²) in [7, 11) is 1.83. The second-order valence-corrected chi connectivity index (χ2v) is 5.83. The molecule has 1 aliphatic heterocycles. The van der Waals surface area contributed by atoms with Gasteiger partial charge in [0.25, 0.3) is 0 Å². The van der Waals surface area contributed by atoms with E-state index >= 15 is 0 Å². The predicted molar refractivity (Wildman–Crippen MR) is 78.0 cm³/mol. The van der Waals surface area contributed by atoms with Gasteiger partial charge in [0, 0.05) is 20.1 Å². The Morgan fingerprint density at radius 3 is 2.52 bits per heavy atom. The van der Waals surface area contributed by atoms with Gasteiger partial charge in [-0.1, -0.05) is 6.92 Å². The molecule has 1 fully saturated rings. The Morgan fingerprint density at radius 2 is 2.05 bits per heavy atom. The Labute approximate surface area is 123 Å². The van der Waals surface area contributed by atoms with Crippen molar-refractivity contribution in [3.8, 4) is 0 Å². The van der Waals surface area contributed by atoms with Crippen LogP contribution in [0.3, 0.4) is 0 Å². The van der Waals surface area contributed by atoms with Crippen molar-refractivity contribution in [2.24, 2.45) is 18.9 Å². The molecule has 0 saturated carbocycles. The number of carbonyl (C=O) groups excluding carboxylic acids is 1. The average molecular weight is 294 g/mol. The zero-order valence-electron chi connectivity index (χ0n) is 12.9. The summed E-state index contributed by atoms with van der Waals surface area (Å²) >= 11 is 0. The highest BCUT2D eigenvalue weighted by molar-refractivity contribution is 5.93. The lowest BCUT2D eigenvalue weighted by atomic mass is 9.99. The smallest absolute Gasteiger partial charge is 0.308 e. The molecule has 21 heavy (non-hydrogen) atoms. The van der Waals surface area contributed by atoms with Crippen molar-refractivity contribution < 1.29 is 14.7 Å². The lowest BCUT2D eigenvalue weighted by Crippen LogP contribution is -2.32. The van der Waals surface area contributed by atoms with Gasteiger partial charge in [0.2, 0.25) is 5.91 Å². The highest BCUT2D eigenvalue weighted by Crippen LogP contribution is 2.23. The van der Waals surface area contributed by atoms with Crippen LogP contribution in [0.15, 0.2) is 0 Å². The van der Waals surface area contributed by atoms with E-state index in [1.165, 1.54) is 0 Å². The molecule has 0 aliphatic carbocycles. The van der Waals surface area contributed by atoms with Crippen molar-refractivity contribution in [3.63, 3.8) is 0 Å². The summed E-state index contributed by atoms with van der Waals surface area (Å²) in [6.45, 7) is 6.92. The van der Waals surface area contributed by atoms with Crippen molar-refractivity contribution in [3.05, 3.63) is 11.4 Å². The fraction of sp³-hybridized carbons (Fsp3) is 0.643. The van der Waals surface area contributed by atoms with Crippen LogP contribution in [0.4, 0.5) is 5.69 Å². The van der Waals surface area contributed by atoms with E-state index in [-0.39, 0.29) is 24.3 Å². The third kappa shape index (κ3) is 3.24. The molecule has 1 amide bonds. The minimum absolute atomic E-state index is 0.0668. The summed E-state index contributed by atoms with van der Waals surface area (Å²) in [5, 5.41) is 16.2. The first-order valence-corrected chi connectivity index (χ1v) is 7.04. The number of anilines is 1. The molecular formula is C14H22N4O3. The number of carboxylic acids is 1. The summed E-state index contributed by atoms with van der Waals surface area (Å²) in [6.07, 6.45) is 0. The molecule has 2 N–H and O–H groups in total. The maximum atomic E-state index is 12.1. The quantitative estimate of drug-likeness (QED) is 0.850. The maximum absolute atomic E-state index is 12.1. The van der Waals surface area contributed by atoms with Crippen LogP contribution in [0.2, 0.25) is 0 Å². The van der Waals surface area contributed by atoms with Crippen LogP contribution in [0.1, 0.15) is 18.3 Å². The number of likely N-dealkylation sites (tertiary alicyclic amines) is 1. The summed E-state index contributed by atoms with van der Waals surface area (Å²) in [4.78, 5) is 25.1. The zero-order chi connectivity index (χ0) is 15.7. The molecule has 0 bridgehead atoms.